The van der Waals surface area contributed by atoms with E-state index in [1.54, 1.807) is 32.4 Å². The summed E-state index contributed by atoms with van der Waals surface area (Å²) in [7, 11) is 4.75. The van der Waals surface area contributed by atoms with E-state index < -0.39 is 0 Å². The van der Waals surface area contributed by atoms with Crippen molar-refractivity contribution in [3.8, 4) is 11.5 Å². The quantitative estimate of drug-likeness (QED) is 0.695. The van der Waals surface area contributed by atoms with Crippen LogP contribution in [0.2, 0.25) is 0 Å². The molecule has 1 saturated heterocycles. The van der Waals surface area contributed by atoms with Gasteiger partial charge >= 0.3 is 0 Å². The van der Waals surface area contributed by atoms with Crippen LogP contribution in [0, 0.1) is 0 Å². The summed E-state index contributed by atoms with van der Waals surface area (Å²) in [6.07, 6.45) is 1.62. The van der Waals surface area contributed by atoms with Gasteiger partial charge < -0.3 is 19.1 Å². The van der Waals surface area contributed by atoms with Crippen molar-refractivity contribution < 1.29 is 19.0 Å². The average Bonchev–Trinajstić information content (AvgIpc) is 2.78. The molecule has 0 saturated carbocycles. The van der Waals surface area contributed by atoms with Crippen LogP contribution >= 0.6 is 0 Å². The third-order valence-corrected chi connectivity index (χ3v) is 4.66. The van der Waals surface area contributed by atoms with E-state index in [1.807, 2.05) is 0 Å². The first-order valence-electron chi connectivity index (χ1n) is 9.65. The van der Waals surface area contributed by atoms with Gasteiger partial charge in [-0.1, -0.05) is 6.92 Å². The SMILES string of the molecule is CCCc1nc(N2CCOCC2)nc(N(C)C(=O)c2ccc(OC)c(OC)c2)n1. The minimum absolute atomic E-state index is 0.243. The van der Waals surface area contributed by atoms with Crippen molar-refractivity contribution in [3.63, 3.8) is 0 Å². The summed E-state index contributed by atoms with van der Waals surface area (Å²) < 4.78 is 16.0. The van der Waals surface area contributed by atoms with Crippen molar-refractivity contribution in [1.29, 1.82) is 0 Å². The lowest BCUT2D eigenvalue weighted by Gasteiger charge is -2.27. The molecule has 0 atom stereocenters. The molecule has 9 nitrogen and oxygen atoms in total. The maximum Gasteiger partial charge on any atom is 0.260 e. The fourth-order valence-corrected chi connectivity index (χ4v) is 3.04. The number of benzene rings is 1. The molecule has 1 aromatic carbocycles. The molecule has 1 aromatic heterocycles. The third kappa shape index (κ3) is 4.73. The number of hydrogen-bond acceptors (Lipinski definition) is 8. The van der Waals surface area contributed by atoms with Crippen molar-refractivity contribution >= 4 is 17.8 Å². The average molecular weight is 401 g/mol. The molecule has 0 radical (unpaired) electrons. The van der Waals surface area contributed by atoms with E-state index in [0.29, 0.717) is 67.5 Å². The number of ether oxygens (including phenoxy) is 3. The van der Waals surface area contributed by atoms with Gasteiger partial charge in [0.1, 0.15) is 5.82 Å². The van der Waals surface area contributed by atoms with Gasteiger partial charge in [0, 0.05) is 32.1 Å². The maximum absolute atomic E-state index is 13.1. The smallest absolute Gasteiger partial charge is 0.260 e. The number of aromatic nitrogens is 3. The van der Waals surface area contributed by atoms with Crippen molar-refractivity contribution in [3.05, 3.63) is 29.6 Å². The number of methoxy groups -OCH3 is 2. The number of anilines is 2. The van der Waals surface area contributed by atoms with Gasteiger partial charge in [0.25, 0.3) is 5.91 Å². The molecule has 29 heavy (non-hydrogen) atoms. The van der Waals surface area contributed by atoms with Gasteiger partial charge in [-0.15, -0.1) is 0 Å². The molecule has 156 valence electrons. The first kappa shape index (κ1) is 20.8. The highest BCUT2D eigenvalue weighted by molar-refractivity contribution is 6.05. The number of aryl methyl sites for hydroxylation is 1. The monoisotopic (exact) mass is 401 g/mol. The minimum atomic E-state index is -0.243. The van der Waals surface area contributed by atoms with Crippen LogP contribution in [0.25, 0.3) is 0 Å². The van der Waals surface area contributed by atoms with E-state index >= 15 is 0 Å². The van der Waals surface area contributed by atoms with E-state index in [-0.39, 0.29) is 5.91 Å². The maximum atomic E-state index is 13.1. The van der Waals surface area contributed by atoms with E-state index in [0.717, 1.165) is 6.42 Å². The molecular formula is C20H27N5O4. The van der Waals surface area contributed by atoms with Crippen LogP contribution in [0.4, 0.5) is 11.9 Å². The summed E-state index contributed by atoms with van der Waals surface area (Å²) >= 11 is 0. The fourth-order valence-electron chi connectivity index (χ4n) is 3.04. The molecule has 9 heteroatoms. The van der Waals surface area contributed by atoms with Crippen molar-refractivity contribution in [1.82, 2.24) is 15.0 Å². The molecule has 2 aromatic rings. The molecule has 1 amide bonds. The van der Waals surface area contributed by atoms with E-state index in [4.69, 9.17) is 14.2 Å². The lowest BCUT2D eigenvalue weighted by Crippen LogP contribution is -2.38. The second-order valence-corrected chi connectivity index (χ2v) is 6.63. The molecule has 2 heterocycles. The van der Waals surface area contributed by atoms with Gasteiger partial charge in [-0.2, -0.15) is 15.0 Å². The molecule has 1 aliphatic rings. The van der Waals surface area contributed by atoms with Crippen LogP contribution in [0.15, 0.2) is 18.2 Å². The van der Waals surface area contributed by atoms with Gasteiger partial charge in [-0.25, -0.2) is 0 Å². The minimum Gasteiger partial charge on any atom is -0.493 e. The Kier molecular flexibility index (Phi) is 6.82. The molecule has 0 spiro atoms. The lowest BCUT2D eigenvalue weighted by atomic mass is 10.2. The fraction of sp³-hybridized carbons (Fsp3) is 0.500. The van der Waals surface area contributed by atoms with Crippen LogP contribution < -0.4 is 19.3 Å². The Morgan fingerprint density at radius 1 is 1.14 bits per heavy atom. The topological polar surface area (TPSA) is 89.9 Å². The number of carbonyl (C=O) groups is 1. The Morgan fingerprint density at radius 3 is 2.52 bits per heavy atom. The van der Waals surface area contributed by atoms with Crippen LogP contribution in [-0.2, 0) is 11.2 Å². The van der Waals surface area contributed by atoms with Gasteiger partial charge in [-0.05, 0) is 24.6 Å². The number of rotatable bonds is 7. The van der Waals surface area contributed by atoms with Crippen molar-refractivity contribution in [2.75, 3.05) is 57.4 Å². The zero-order chi connectivity index (χ0) is 20.8. The highest BCUT2D eigenvalue weighted by Gasteiger charge is 2.22. The van der Waals surface area contributed by atoms with Gasteiger partial charge in [0.2, 0.25) is 11.9 Å². The highest BCUT2D eigenvalue weighted by atomic mass is 16.5. The standard InChI is InChI=1S/C20H27N5O4/c1-5-6-17-21-19(23-20(22-17)25-9-11-29-12-10-25)24(2)18(26)14-7-8-15(27-3)16(13-14)28-4/h7-8,13H,5-6,9-12H2,1-4H3. The summed E-state index contributed by atoms with van der Waals surface area (Å²) in [5.41, 5.74) is 0.454. The summed E-state index contributed by atoms with van der Waals surface area (Å²) in [5.74, 6) is 2.38. The highest BCUT2D eigenvalue weighted by Crippen LogP contribution is 2.28. The first-order chi connectivity index (χ1) is 14.1. The third-order valence-electron chi connectivity index (χ3n) is 4.66. The summed E-state index contributed by atoms with van der Waals surface area (Å²) in [6.45, 7) is 4.75. The normalized spacial score (nSPS) is 13.9. The molecule has 3 rings (SSSR count). The number of hydrogen-bond donors (Lipinski definition) is 0. The second-order valence-electron chi connectivity index (χ2n) is 6.63. The lowest BCUT2D eigenvalue weighted by molar-refractivity contribution is 0.0991. The van der Waals surface area contributed by atoms with Crippen LogP contribution in [0.1, 0.15) is 29.5 Å². The Morgan fingerprint density at radius 2 is 1.86 bits per heavy atom. The Hall–Kier alpha value is -2.94. The number of carbonyl (C=O) groups excluding carboxylic acids is 1. The summed E-state index contributed by atoms with van der Waals surface area (Å²) in [6, 6.07) is 5.04. The molecule has 0 bridgehead atoms. The molecule has 0 N–H and O–H groups in total. The van der Waals surface area contributed by atoms with Crippen LogP contribution in [0.5, 0.6) is 11.5 Å². The summed E-state index contributed by atoms with van der Waals surface area (Å²) in [4.78, 5) is 30.2. The van der Waals surface area contributed by atoms with Crippen molar-refractivity contribution in [2.45, 2.75) is 19.8 Å². The Bertz CT molecular complexity index is 855. The second kappa shape index (κ2) is 9.51. The first-order valence-corrected chi connectivity index (χ1v) is 9.65. The number of nitrogens with zero attached hydrogens (tertiary/aromatic N) is 5. The summed E-state index contributed by atoms with van der Waals surface area (Å²) in [5, 5.41) is 0. The molecule has 0 aliphatic carbocycles. The van der Waals surface area contributed by atoms with Crippen LogP contribution in [0.3, 0.4) is 0 Å². The van der Waals surface area contributed by atoms with E-state index in [2.05, 4.69) is 26.8 Å². The zero-order valence-electron chi connectivity index (χ0n) is 17.3. The van der Waals surface area contributed by atoms with Gasteiger partial charge in [0.05, 0.1) is 27.4 Å². The molecule has 1 aliphatic heterocycles. The van der Waals surface area contributed by atoms with E-state index in [9.17, 15) is 4.79 Å². The molecule has 0 unspecified atom stereocenters. The number of morpholine rings is 1. The predicted octanol–water partition coefficient (Wildman–Crippen LogP) is 1.95. The molecular weight excluding hydrogens is 374 g/mol. The van der Waals surface area contributed by atoms with Gasteiger partial charge in [-0.3, -0.25) is 9.69 Å². The van der Waals surface area contributed by atoms with Crippen molar-refractivity contribution in [2.24, 2.45) is 0 Å². The number of amides is 1. The molecule has 1 fully saturated rings. The largest absolute Gasteiger partial charge is 0.493 e. The van der Waals surface area contributed by atoms with Crippen LogP contribution in [-0.4, -0.2) is 68.4 Å². The van der Waals surface area contributed by atoms with Gasteiger partial charge in [0.15, 0.2) is 11.5 Å². The Labute approximate surface area is 170 Å². The zero-order valence-corrected chi connectivity index (χ0v) is 17.3. The predicted molar refractivity (Wildman–Crippen MR) is 109 cm³/mol. The Balaban J connectivity index is 1.91. The van der Waals surface area contributed by atoms with E-state index in [1.165, 1.54) is 12.0 Å².